The average molecular weight is 588 g/mol. The number of amides is 2. The number of benzene rings is 3. The van der Waals surface area contributed by atoms with Crippen LogP contribution in [-0.4, -0.2) is 51.9 Å². The molecule has 2 N–H and O–H groups in total. The maximum absolute atomic E-state index is 12.8. The Kier molecular flexibility index (Phi) is 9.98. The first kappa shape index (κ1) is 30.2. The molecule has 43 heavy (non-hydrogen) atoms. The Morgan fingerprint density at radius 1 is 0.814 bits per heavy atom. The summed E-state index contributed by atoms with van der Waals surface area (Å²) in [5.74, 6) is 0.121. The predicted molar refractivity (Wildman–Crippen MR) is 157 cm³/mol. The first-order valence-corrected chi connectivity index (χ1v) is 12.9. The fourth-order valence-corrected chi connectivity index (χ4v) is 3.85. The van der Waals surface area contributed by atoms with Crippen molar-refractivity contribution in [3.8, 4) is 28.7 Å². The van der Waals surface area contributed by atoms with Crippen molar-refractivity contribution in [1.29, 1.82) is 0 Å². The number of nitrogens with one attached hydrogen (secondary N) is 2. The van der Waals surface area contributed by atoms with Gasteiger partial charge in [0.1, 0.15) is 0 Å². The van der Waals surface area contributed by atoms with Gasteiger partial charge in [-0.25, -0.2) is 10.2 Å². The van der Waals surface area contributed by atoms with E-state index >= 15 is 0 Å². The largest absolute Gasteiger partial charge is 0.493 e. The van der Waals surface area contributed by atoms with Gasteiger partial charge in [-0.2, -0.15) is 5.10 Å². The monoisotopic (exact) mass is 587 g/mol. The van der Waals surface area contributed by atoms with E-state index in [4.69, 9.17) is 28.1 Å². The smallest absolute Gasteiger partial charge is 0.379 e. The molecule has 4 rings (SSSR count). The van der Waals surface area contributed by atoms with Crippen LogP contribution in [0.15, 0.2) is 82.5 Å². The highest BCUT2D eigenvalue weighted by Crippen LogP contribution is 2.38. The number of hydrogen-bond acceptors (Lipinski definition) is 10. The minimum absolute atomic E-state index is 0.0600. The highest BCUT2D eigenvalue weighted by molar-refractivity contribution is 6.05. The van der Waals surface area contributed by atoms with Crippen molar-refractivity contribution in [1.82, 2.24) is 5.43 Å². The Hall–Kier alpha value is -5.78. The van der Waals surface area contributed by atoms with Crippen molar-refractivity contribution in [2.75, 3.05) is 33.3 Å². The molecule has 4 aromatic rings. The van der Waals surface area contributed by atoms with Gasteiger partial charge in [0.2, 0.25) is 11.5 Å². The van der Waals surface area contributed by atoms with E-state index in [0.717, 1.165) is 0 Å². The van der Waals surface area contributed by atoms with Gasteiger partial charge in [-0.1, -0.05) is 0 Å². The number of ether oxygens (including phenoxy) is 5. The highest BCUT2D eigenvalue weighted by Gasteiger charge is 2.18. The molecule has 0 unspecified atom stereocenters. The lowest BCUT2D eigenvalue weighted by Crippen LogP contribution is -2.18. The van der Waals surface area contributed by atoms with E-state index in [0.29, 0.717) is 52.0 Å². The number of hydrogen-bond donors (Lipinski definition) is 2. The van der Waals surface area contributed by atoms with Gasteiger partial charge >= 0.3 is 5.97 Å². The minimum atomic E-state index is -0.661. The van der Waals surface area contributed by atoms with Gasteiger partial charge in [-0.15, -0.1) is 0 Å². The second-order valence-electron chi connectivity index (χ2n) is 8.65. The molecule has 0 radical (unpaired) electrons. The third-order valence-corrected chi connectivity index (χ3v) is 5.90. The number of methoxy groups -OCH3 is 3. The number of furan rings is 1. The third kappa shape index (κ3) is 7.50. The molecule has 0 atom stereocenters. The summed E-state index contributed by atoms with van der Waals surface area (Å²) in [6.45, 7) is 2.13. The van der Waals surface area contributed by atoms with Crippen LogP contribution in [0.25, 0.3) is 0 Å². The van der Waals surface area contributed by atoms with Gasteiger partial charge in [0.25, 0.3) is 11.8 Å². The van der Waals surface area contributed by atoms with Crippen molar-refractivity contribution >= 4 is 29.7 Å². The maximum Gasteiger partial charge on any atom is 0.379 e. The second kappa shape index (κ2) is 14.2. The lowest BCUT2D eigenvalue weighted by atomic mass is 10.1. The maximum atomic E-state index is 12.8. The minimum Gasteiger partial charge on any atom is -0.493 e. The molecule has 222 valence electrons. The number of anilines is 1. The number of esters is 1. The van der Waals surface area contributed by atoms with Gasteiger partial charge in [-0.05, 0) is 79.2 Å². The Morgan fingerprint density at radius 3 is 2.14 bits per heavy atom. The zero-order chi connectivity index (χ0) is 30.8. The fourth-order valence-electron chi connectivity index (χ4n) is 3.85. The molecule has 1 aromatic heterocycles. The van der Waals surface area contributed by atoms with E-state index in [9.17, 15) is 14.4 Å². The number of carbonyl (C=O) groups excluding carboxylic acids is 3. The van der Waals surface area contributed by atoms with E-state index < -0.39 is 17.8 Å². The molecule has 0 aliphatic carbocycles. The van der Waals surface area contributed by atoms with Crippen molar-refractivity contribution in [2.45, 2.75) is 6.92 Å². The van der Waals surface area contributed by atoms with E-state index in [1.807, 2.05) is 0 Å². The van der Waals surface area contributed by atoms with E-state index in [-0.39, 0.29) is 11.5 Å². The molecule has 0 bridgehead atoms. The van der Waals surface area contributed by atoms with Gasteiger partial charge in [0.05, 0.1) is 40.4 Å². The topological polar surface area (TPSA) is 147 Å². The lowest BCUT2D eigenvalue weighted by Gasteiger charge is -2.14. The van der Waals surface area contributed by atoms with Crippen LogP contribution in [0.5, 0.6) is 28.7 Å². The molecule has 0 aliphatic heterocycles. The molecule has 1 heterocycles. The number of hydrazone groups is 1. The van der Waals surface area contributed by atoms with Crippen LogP contribution in [0, 0.1) is 0 Å². The van der Waals surface area contributed by atoms with Gasteiger partial charge in [-0.3, -0.25) is 9.59 Å². The summed E-state index contributed by atoms with van der Waals surface area (Å²) in [6.07, 6.45) is 2.80. The van der Waals surface area contributed by atoms with Gasteiger partial charge < -0.3 is 33.4 Å². The highest BCUT2D eigenvalue weighted by atomic mass is 16.6. The summed E-state index contributed by atoms with van der Waals surface area (Å²) in [7, 11) is 4.40. The van der Waals surface area contributed by atoms with Crippen LogP contribution in [0.3, 0.4) is 0 Å². The van der Waals surface area contributed by atoms with Gasteiger partial charge in [0.15, 0.2) is 23.0 Å². The van der Waals surface area contributed by atoms with E-state index in [2.05, 4.69) is 15.8 Å². The lowest BCUT2D eigenvalue weighted by molar-refractivity contribution is 0.0694. The van der Waals surface area contributed by atoms with Crippen LogP contribution in [0.2, 0.25) is 0 Å². The standard InChI is InChI=1S/C31H29N3O9/c1-5-41-25-15-19(8-13-23(25)43-31(37)24-7-6-14-42-24)18-32-34-30(36)20-9-11-22(12-10-20)33-29(35)21-16-26(38-2)28(40-4)27(17-21)39-3/h6-18H,5H2,1-4H3,(H,33,35)(H,34,36)/b32-18-. The Morgan fingerprint density at radius 2 is 1.53 bits per heavy atom. The molecule has 0 saturated carbocycles. The quantitative estimate of drug-likeness (QED) is 0.102. The number of carbonyl (C=O) groups is 3. The normalized spacial score (nSPS) is 10.6. The second-order valence-corrected chi connectivity index (χ2v) is 8.65. The van der Waals surface area contributed by atoms with Gasteiger partial charge in [0, 0.05) is 16.8 Å². The van der Waals surface area contributed by atoms with Crippen molar-refractivity contribution < 1.29 is 42.5 Å². The molecule has 2 amide bonds. The first-order valence-electron chi connectivity index (χ1n) is 12.9. The van der Waals surface area contributed by atoms with Crippen LogP contribution >= 0.6 is 0 Å². The third-order valence-electron chi connectivity index (χ3n) is 5.90. The Bertz CT molecular complexity index is 1590. The predicted octanol–water partition coefficient (Wildman–Crippen LogP) is 4.94. The first-order chi connectivity index (χ1) is 20.9. The van der Waals surface area contributed by atoms with Crippen molar-refractivity contribution in [3.05, 3.63) is 95.4 Å². The average Bonchev–Trinajstić information content (AvgIpc) is 3.57. The summed E-state index contributed by atoms with van der Waals surface area (Å²) in [5, 5.41) is 6.77. The fraction of sp³-hybridized carbons (Fsp3) is 0.161. The Balaban J connectivity index is 1.37. The van der Waals surface area contributed by atoms with E-state index in [1.165, 1.54) is 52.0 Å². The molecule has 0 fully saturated rings. The Labute approximate surface area is 247 Å². The summed E-state index contributed by atoms with van der Waals surface area (Å²) in [5.41, 5.74) is 4.12. The molecule has 0 aliphatic rings. The summed E-state index contributed by atoms with van der Waals surface area (Å²) in [4.78, 5) is 37.7. The number of nitrogens with zero attached hydrogens (tertiary/aromatic N) is 1. The molecular weight excluding hydrogens is 558 g/mol. The number of rotatable bonds is 12. The van der Waals surface area contributed by atoms with Crippen LogP contribution < -0.4 is 34.4 Å². The summed E-state index contributed by atoms with van der Waals surface area (Å²) >= 11 is 0. The van der Waals surface area contributed by atoms with Crippen molar-refractivity contribution in [2.24, 2.45) is 5.10 Å². The molecule has 12 heteroatoms. The van der Waals surface area contributed by atoms with Crippen LogP contribution in [-0.2, 0) is 0 Å². The zero-order valence-electron chi connectivity index (χ0n) is 23.8. The summed E-state index contributed by atoms with van der Waals surface area (Å²) < 4.78 is 31.9. The van der Waals surface area contributed by atoms with Crippen LogP contribution in [0.1, 0.15) is 43.8 Å². The van der Waals surface area contributed by atoms with E-state index in [1.54, 1.807) is 55.5 Å². The molecular formula is C31H29N3O9. The molecule has 0 spiro atoms. The zero-order valence-corrected chi connectivity index (χ0v) is 23.8. The molecule has 12 nitrogen and oxygen atoms in total. The molecule has 3 aromatic carbocycles. The molecule has 0 saturated heterocycles. The SMILES string of the molecule is CCOc1cc(/C=N\NC(=O)c2ccc(NC(=O)c3cc(OC)c(OC)c(OC)c3)cc2)ccc1OC(=O)c1ccco1. The van der Waals surface area contributed by atoms with Crippen molar-refractivity contribution in [3.63, 3.8) is 0 Å². The van der Waals surface area contributed by atoms with Crippen LogP contribution in [0.4, 0.5) is 5.69 Å². The summed E-state index contributed by atoms with van der Waals surface area (Å²) in [6, 6.07) is 17.2.